The van der Waals surface area contributed by atoms with Crippen LogP contribution in [0.5, 0.6) is 6.01 Å². The van der Waals surface area contributed by atoms with Crippen LogP contribution >= 0.6 is 23.2 Å². The van der Waals surface area contributed by atoms with Crippen LogP contribution in [0, 0.1) is 0 Å². The highest BCUT2D eigenvalue weighted by Crippen LogP contribution is 2.26. The number of rotatable bonds is 5. The first-order chi connectivity index (χ1) is 9.24. The lowest BCUT2D eigenvalue weighted by atomic mass is 10.1. The molecule has 1 atom stereocenters. The van der Waals surface area contributed by atoms with Crippen molar-refractivity contribution in [1.82, 2.24) is 9.97 Å². The highest BCUT2D eigenvalue weighted by Gasteiger charge is 2.13. The number of nitrogens with zero attached hydrogens (tertiary/aromatic N) is 2. The predicted molar refractivity (Wildman–Crippen MR) is 77.1 cm³/mol. The molecule has 1 heterocycles. The van der Waals surface area contributed by atoms with Crippen LogP contribution < -0.4 is 10.1 Å². The zero-order chi connectivity index (χ0) is 13.7. The van der Waals surface area contributed by atoms with Crippen molar-refractivity contribution in [1.29, 1.82) is 0 Å². The normalized spacial score (nSPS) is 11.9. The molecule has 1 aromatic heterocycles. The number of alkyl halides is 1. The van der Waals surface area contributed by atoms with Gasteiger partial charge in [-0.2, -0.15) is 4.98 Å². The van der Waals surface area contributed by atoms with Crippen LogP contribution in [0.3, 0.4) is 0 Å². The van der Waals surface area contributed by atoms with E-state index in [4.69, 9.17) is 27.9 Å². The van der Waals surface area contributed by atoms with E-state index in [1.165, 1.54) is 13.3 Å². The van der Waals surface area contributed by atoms with Gasteiger partial charge < -0.3 is 10.1 Å². The molecule has 19 heavy (non-hydrogen) atoms. The molecule has 6 heteroatoms. The Balaban J connectivity index is 2.23. The molecule has 2 aromatic rings. The summed E-state index contributed by atoms with van der Waals surface area (Å²) in [5.41, 5.74) is 1.06. The lowest BCUT2D eigenvalue weighted by Crippen LogP contribution is -2.14. The van der Waals surface area contributed by atoms with Crippen molar-refractivity contribution in [3.8, 4) is 6.01 Å². The Morgan fingerprint density at radius 2 is 2.05 bits per heavy atom. The van der Waals surface area contributed by atoms with Gasteiger partial charge in [0.15, 0.2) is 5.82 Å². The zero-order valence-electron chi connectivity index (χ0n) is 10.3. The second kappa shape index (κ2) is 6.59. The minimum absolute atomic E-state index is 0.0834. The van der Waals surface area contributed by atoms with Gasteiger partial charge in [0.05, 0.1) is 19.3 Å². The van der Waals surface area contributed by atoms with E-state index in [1.807, 2.05) is 30.3 Å². The number of nitrogens with one attached hydrogen (secondary N) is 1. The third-order valence-electron chi connectivity index (χ3n) is 2.57. The fourth-order valence-corrected chi connectivity index (χ4v) is 2.01. The Kier molecular flexibility index (Phi) is 4.82. The van der Waals surface area contributed by atoms with Crippen LogP contribution in [0.2, 0.25) is 5.02 Å². The monoisotopic (exact) mass is 297 g/mol. The van der Waals surface area contributed by atoms with E-state index in [0.717, 1.165) is 5.56 Å². The Hall–Kier alpha value is -1.52. The number of halogens is 2. The van der Waals surface area contributed by atoms with E-state index in [9.17, 15) is 0 Å². The van der Waals surface area contributed by atoms with Crippen molar-refractivity contribution < 1.29 is 4.74 Å². The molecule has 0 radical (unpaired) electrons. The van der Waals surface area contributed by atoms with Gasteiger partial charge in [0, 0.05) is 5.88 Å². The van der Waals surface area contributed by atoms with E-state index >= 15 is 0 Å². The summed E-state index contributed by atoms with van der Waals surface area (Å²) in [6, 6.07) is 10.0. The van der Waals surface area contributed by atoms with Crippen molar-refractivity contribution in [3.63, 3.8) is 0 Å². The maximum absolute atomic E-state index is 6.06. The summed E-state index contributed by atoms with van der Waals surface area (Å²) < 4.78 is 4.98. The van der Waals surface area contributed by atoms with Crippen LogP contribution in [0.25, 0.3) is 0 Å². The number of ether oxygens (including phenoxy) is 1. The highest BCUT2D eigenvalue weighted by atomic mass is 35.5. The number of methoxy groups -OCH3 is 1. The van der Waals surface area contributed by atoms with Crippen LogP contribution in [-0.2, 0) is 0 Å². The summed E-state index contributed by atoms with van der Waals surface area (Å²) in [4.78, 5) is 8.09. The smallest absolute Gasteiger partial charge is 0.318 e. The standard InChI is InChI=1S/C13H13Cl2N3O/c1-19-13-16-8-10(15)12(18-13)17-11(7-14)9-5-3-2-4-6-9/h2-6,8,11H,7H2,1H3,(H,16,17,18). The Labute approximate surface area is 121 Å². The molecule has 0 aliphatic rings. The molecule has 4 nitrogen and oxygen atoms in total. The quantitative estimate of drug-likeness (QED) is 0.858. The largest absolute Gasteiger partial charge is 0.467 e. The van der Waals surface area contributed by atoms with Gasteiger partial charge in [-0.05, 0) is 5.56 Å². The van der Waals surface area contributed by atoms with Gasteiger partial charge >= 0.3 is 6.01 Å². The van der Waals surface area contributed by atoms with E-state index in [1.54, 1.807) is 0 Å². The summed E-state index contributed by atoms with van der Waals surface area (Å²) in [6.45, 7) is 0. The van der Waals surface area contributed by atoms with E-state index in [-0.39, 0.29) is 12.1 Å². The van der Waals surface area contributed by atoms with Crippen molar-refractivity contribution in [2.24, 2.45) is 0 Å². The molecular formula is C13H13Cl2N3O. The molecule has 0 amide bonds. The minimum Gasteiger partial charge on any atom is -0.467 e. The van der Waals surface area contributed by atoms with E-state index in [0.29, 0.717) is 16.7 Å². The van der Waals surface area contributed by atoms with E-state index < -0.39 is 0 Å². The Morgan fingerprint density at radius 1 is 1.32 bits per heavy atom. The summed E-state index contributed by atoms with van der Waals surface area (Å²) in [7, 11) is 1.50. The second-order valence-electron chi connectivity index (χ2n) is 3.82. The number of aromatic nitrogens is 2. The van der Waals surface area contributed by atoms with Gasteiger partial charge in [-0.25, -0.2) is 4.98 Å². The molecule has 2 rings (SSSR count). The predicted octanol–water partition coefficient (Wildman–Crippen LogP) is 3.53. The van der Waals surface area contributed by atoms with Crippen molar-refractivity contribution in [2.45, 2.75) is 6.04 Å². The summed E-state index contributed by atoms with van der Waals surface area (Å²) >= 11 is 12.1. The molecule has 0 spiro atoms. The van der Waals surface area contributed by atoms with Gasteiger partial charge in [0.2, 0.25) is 0 Å². The number of benzene rings is 1. The Morgan fingerprint density at radius 3 is 2.68 bits per heavy atom. The molecule has 1 unspecified atom stereocenters. The topological polar surface area (TPSA) is 47.0 Å². The minimum atomic E-state index is -0.0834. The lowest BCUT2D eigenvalue weighted by Gasteiger charge is -2.18. The third kappa shape index (κ3) is 3.49. The number of hydrogen-bond acceptors (Lipinski definition) is 4. The molecule has 100 valence electrons. The fourth-order valence-electron chi connectivity index (χ4n) is 1.61. The molecule has 0 bridgehead atoms. The Bertz CT molecular complexity index is 537. The van der Waals surface area contributed by atoms with Crippen LogP contribution in [0.4, 0.5) is 5.82 Å². The average molecular weight is 298 g/mol. The second-order valence-corrected chi connectivity index (χ2v) is 4.53. The molecule has 0 aliphatic heterocycles. The summed E-state index contributed by atoms with van der Waals surface area (Å²) in [5.74, 6) is 0.898. The van der Waals surface area contributed by atoms with Crippen molar-refractivity contribution >= 4 is 29.0 Å². The van der Waals surface area contributed by atoms with Gasteiger partial charge in [-0.1, -0.05) is 41.9 Å². The fraction of sp³-hybridized carbons (Fsp3) is 0.231. The molecular weight excluding hydrogens is 285 g/mol. The zero-order valence-corrected chi connectivity index (χ0v) is 11.8. The highest BCUT2D eigenvalue weighted by molar-refractivity contribution is 6.32. The maximum atomic E-state index is 6.06. The number of anilines is 1. The first kappa shape index (κ1) is 13.9. The number of hydrogen-bond donors (Lipinski definition) is 1. The van der Waals surface area contributed by atoms with Crippen molar-refractivity contribution in [3.05, 3.63) is 47.1 Å². The molecule has 0 aliphatic carbocycles. The molecule has 0 saturated heterocycles. The van der Waals surface area contributed by atoms with Crippen LogP contribution in [0.1, 0.15) is 11.6 Å². The van der Waals surface area contributed by atoms with Crippen LogP contribution in [0.15, 0.2) is 36.5 Å². The van der Waals surface area contributed by atoms with Gasteiger partial charge in [-0.3, -0.25) is 0 Å². The first-order valence-corrected chi connectivity index (χ1v) is 6.60. The lowest BCUT2D eigenvalue weighted by molar-refractivity contribution is 0.380. The van der Waals surface area contributed by atoms with Gasteiger partial charge in [0.1, 0.15) is 5.02 Å². The van der Waals surface area contributed by atoms with Crippen molar-refractivity contribution in [2.75, 3.05) is 18.3 Å². The molecule has 1 aromatic carbocycles. The maximum Gasteiger partial charge on any atom is 0.318 e. The molecule has 0 fully saturated rings. The molecule has 0 saturated carbocycles. The summed E-state index contributed by atoms with van der Waals surface area (Å²) in [6.07, 6.45) is 1.49. The van der Waals surface area contributed by atoms with Gasteiger partial charge in [0.25, 0.3) is 0 Å². The van der Waals surface area contributed by atoms with Gasteiger partial charge in [-0.15, -0.1) is 11.6 Å². The summed E-state index contributed by atoms with van der Waals surface area (Å²) in [5, 5.41) is 3.62. The van der Waals surface area contributed by atoms with E-state index in [2.05, 4.69) is 15.3 Å². The van der Waals surface area contributed by atoms with Crippen LogP contribution in [-0.4, -0.2) is 23.0 Å². The third-order valence-corrected chi connectivity index (χ3v) is 3.16. The average Bonchev–Trinajstić information content (AvgIpc) is 2.47. The first-order valence-electron chi connectivity index (χ1n) is 5.68. The molecule has 1 N–H and O–H groups in total. The SMILES string of the molecule is COc1ncc(Cl)c(NC(CCl)c2ccccc2)n1.